The third-order valence-corrected chi connectivity index (χ3v) is 2.45. The quantitative estimate of drug-likeness (QED) is 0.609. The fourth-order valence-electron chi connectivity index (χ4n) is 1.70. The summed E-state index contributed by atoms with van der Waals surface area (Å²) in [6, 6.07) is 0. The molecule has 0 aromatic rings. The van der Waals surface area contributed by atoms with Gasteiger partial charge in [0.05, 0.1) is 6.54 Å². The molecule has 0 fully saturated rings. The highest BCUT2D eigenvalue weighted by Crippen LogP contribution is 2.26. The first kappa shape index (κ1) is 13.0. The van der Waals surface area contributed by atoms with Crippen molar-refractivity contribution in [2.75, 3.05) is 6.54 Å². The number of rotatable bonds is 0. The van der Waals surface area contributed by atoms with Crippen molar-refractivity contribution < 1.29 is 0 Å². The SMILES string of the molecule is CC(C)(C)C1=NC/C=C\C=C/N1C(C)(C)C. The predicted molar refractivity (Wildman–Crippen MR) is 71.6 cm³/mol. The Morgan fingerprint density at radius 2 is 1.69 bits per heavy atom. The highest BCUT2D eigenvalue weighted by atomic mass is 15.2. The van der Waals surface area contributed by atoms with Crippen LogP contribution < -0.4 is 0 Å². The summed E-state index contributed by atoms with van der Waals surface area (Å²) in [4.78, 5) is 6.98. The van der Waals surface area contributed by atoms with Gasteiger partial charge in [-0.05, 0) is 26.8 Å². The first-order valence-corrected chi connectivity index (χ1v) is 5.90. The molecule has 0 atom stereocenters. The van der Waals surface area contributed by atoms with Crippen LogP contribution in [-0.4, -0.2) is 22.8 Å². The Bertz CT molecular complexity index is 322. The lowest BCUT2D eigenvalue weighted by molar-refractivity contribution is 0.285. The minimum absolute atomic E-state index is 0.0633. The Morgan fingerprint density at radius 3 is 2.19 bits per heavy atom. The van der Waals surface area contributed by atoms with Crippen molar-refractivity contribution in [2.24, 2.45) is 10.4 Å². The van der Waals surface area contributed by atoms with E-state index in [1.807, 2.05) is 0 Å². The summed E-state index contributed by atoms with van der Waals surface area (Å²) in [6.07, 6.45) is 8.36. The van der Waals surface area contributed by atoms with E-state index in [4.69, 9.17) is 4.99 Å². The van der Waals surface area contributed by atoms with E-state index in [0.717, 1.165) is 12.4 Å². The van der Waals surface area contributed by atoms with Crippen LogP contribution in [0.3, 0.4) is 0 Å². The van der Waals surface area contributed by atoms with Crippen molar-refractivity contribution in [1.82, 2.24) is 4.90 Å². The Morgan fingerprint density at radius 1 is 1.06 bits per heavy atom. The summed E-state index contributed by atoms with van der Waals surface area (Å²) in [7, 11) is 0. The van der Waals surface area contributed by atoms with Crippen LogP contribution in [0.1, 0.15) is 41.5 Å². The molecular formula is C14H24N2. The molecule has 1 aliphatic rings. The molecule has 0 unspecified atom stereocenters. The topological polar surface area (TPSA) is 15.6 Å². The largest absolute Gasteiger partial charge is 0.331 e. The van der Waals surface area contributed by atoms with Crippen molar-refractivity contribution in [3.05, 3.63) is 24.4 Å². The third-order valence-electron chi connectivity index (χ3n) is 2.45. The average Bonchev–Trinajstić information content (AvgIpc) is 1.96. The lowest BCUT2D eigenvalue weighted by Gasteiger charge is -2.40. The van der Waals surface area contributed by atoms with Gasteiger partial charge in [-0.25, -0.2) is 0 Å². The minimum Gasteiger partial charge on any atom is -0.331 e. The smallest absolute Gasteiger partial charge is 0.109 e. The zero-order chi connectivity index (χ0) is 12.4. The van der Waals surface area contributed by atoms with E-state index in [0.29, 0.717) is 0 Å². The third kappa shape index (κ3) is 3.22. The lowest BCUT2D eigenvalue weighted by Crippen LogP contribution is -2.47. The second-order valence-electron chi connectivity index (χ2n) is 6.22. The van der Waals surface area contributed by atoms with E-state index in [1.165, 1.54) is 0 Å². The van der Waals surface area contributed by atoms with Gasteiger partial charge < -0.3 is 4.90 Å². The number of aliphatic imine (C=N–C) groups is 1. The molecule has 1 aliphatic heterocycles. The van der Waals surface area contributed by atoms with Gasteiger partial charge in [-0.2, -0.15) is 0 Å². The zero-order valence-electron chi connectivity index (χ0n) is 11.4. The van der Waals surface area contributed by atoms with Crippen LogP contribution in [-0.2, 0) is 0 Å². The molecule has 16 heavy (non-hydrogen) atoms. The summed E-state index contributed by atoms with van der Waals surface area (Å²) in [5, 5.41) is 0. The van der Waals surface area contributed by atoms with Crippen LogP contribution in [0.2, 0.25) is 0 Å². The molecule has 1 heterocycles. The zero-order valence-corrected chi connectivity index (χ0v) is 11.4. The molecule has 0 spiro atoms. The van der Waals surface area contributed by atoms with Gasteiger partial charge in [-0.1, -0.05) is 32.9 Å². The van der Waals surface area contributed by atoms with Gasteiger partial charge in [-0.15, -0.1) is 0 Å². The lowest BCUT2D eigenvalue weighted by atomic mass is 9.91. The number of nitrogens with zero attached hydrogens (tertiary/aromatic N) is 2. The summed E-state index contributed by atoms with van der Waals surface area (Å²) < 4.78 is 0. The van der Waals surface area contributed by atoms with Gasteiger partial charge in [0.25, 0.3) is 0 Å². The van der Waals surface area contributed by atoms with Crippen LogP contribution in [0.25, 0.3) is 0 Å². The van der Waals surface area contributed by atoms with Crippen molar-refractivity contribution in [3.63, 3.8) is 0 Å². The standard InChI is InChI=1S/C14H24N2/c1-13(2,3)12-15-10-8-7-9-11-16(12)14(4,5)6/h7-9,11H,10H2,1-6H3/b8-7-,11-9-,15-12?. The molecule has 0 amide bonds. The van der Waals surface area contributed by atoms with Gasteiger partial charge in [-0.3, -0.25) is 4.99 Å². The van der Waals surface area contributed by atoms with E-state index in [2.05, 4.69) is 70.9 Å². The number of allylic oxidation sites excluding steroid dienone is 2. The number of amidine groups is 1. The van der Waals surface area contributed by atoms with Crippen molar-refractivity contribution >= 4 is 5.84 Å². The second-order valence-corrected chi connectivity index (χ2v) is 6.22. The Balaban J connectivity index is 3.17. The summed E-state index contributed by atoms with van der Waals surface area (Å²) in [5.74, 6) is 1.15. The minimum atomic E-state index is 0.0633. The number of hydrogen-bond donors (Lipinski definition) is 0. The summed E-state index contributed by atoms with van der Waals surface area (Å²) in [6.45, 7) is 14.0. The van der Waals surface area contributed by atoms with Crippen LogP contribution >= 0.6 is 0 Å². The van der Waals surface area contributed by atoms with E-state index in [1.54, 1.807) is 0 Å². The molecule has 2 nitrogen and oxygen atoms in total. The molecule has 0 saturated heterocycles. The molecule has 1 rings (SSSR count). The van der Waals surface area contributed by atoms with E-state index in [-0.39, 0.29) is 11.0 Å². The molecule has 0 aliphatic carbocycles. The molecule has 0 N–H and O–H groups in total. The molecule has 2 heteroatoms. The van der Waals surface area contributed by atoms with E-state index < -0.39 is 0 Å². The molecule has 0 aromatic carbocycles. The molecule has 90 valence electrons. The maximum Gasteiger partial charge on any atom is 0.109 e. The van der Waals surface area contributed by atoms with Gasteiger partial charge in [0.15, 0.2) is 0 Å². The Hall–Kier alpha value is -1.05. The van der Waals surface area contributed by atoms with Gasteiger partial charge in [0.2, 0.25) is 0 Å². The summed E-state index contributed by atoms with van der Waals surface area (Å²) in [5.41, 5.74) is 0.136. The normalized spacial score (nSPS) is 22.1. The highest BCUT2D eigenvalue weighted by Gasteiger charge is 2.30. The van der Waals surface area contributed by atoms with Gasteiger partial charge in [0.1, 0.15) is 5.84 Å². The van der Waals surface area contributed by atoms with Crippen LogP contribution in [0.4, 0.5) is 0 Å². The van der Waals surface area contributed by atoms with E-state index >= 15 is 0 Å². The number of hydrogen-bond acceptors (Lipinski definition) is 2. The Kier molecular flexibility index (Phi) is 3.61. The predicted octanol–water partition coefficient (Wildman–Crippen LogP) is 3.62. The maximum absolute atomic E-state index is 4.71. The fraction of sp³-hybridized carbons (Fsp3) is 0.643. The highest BCUT2D eigenvalue weighted by molar-refractivity contribution is 5.88. The Labute approximate surface area is 99.8 Å². The summed E-state index contributed by atoms with van der Waals surface area (Å²) >= 11 is 0. The molecule has 0 saturated carbocycles. The average molecular weight is 220 g/mol. The molecule has 0 aromatic heterocycles. The van der Waals surface area contributed by atoms with Crippen molar-refractivity contribution in [1.29, 1.82) is 0 Å². The van der Waals surface area contributed by atoms with Crippen LogP contribution in [0.5, 0.6) is 0 Å². The first-order chi connectivity index (χ1) is 7.23. The molecule has 0 radical (unpaired) electrons. The monoisotopic (exact) mass is 220 g/mol. The molecular weight excluding hydrogens is 196 g/mol. The van der Waals surface area contributed by atoms with Gasteiger partial charge >= 0.3 is 0 Å². The van der Waals surface area contributed by atoms with Gasteiger partial charge in [0, 0.05) is 17.2 Å². The van der Waals surface area contributed by atoms with Crippen LogP contribution in [0, 0.1) is 5.41 Å². The molecule has 0 bridgehead atoms. The van der Waals surface area contributed by atoms with Crippen molar-refractivity contribution in [3.8, 4) is 0 Å². The first-order valence-electron chi connectivity index (χ1n) is 5.90. The maximum atomic E-state index is 4.71. The van der Waals surface area contributed by atoms with Crippen LogP contribution in [0.15, 0.2) is 29.4 Å². The van der Waals surface area contributed by atoms with E-state index in [9.17, 15) is 0 Å². The van der Waals surface area contributed by atoms with Crippen molar-refractivity contribution in [2.45, 2.75) is 47.1 Å². The fourth-order valence-corrected chi connectivity index (χ4v) is 1.70. The second kappa shape index (κ2) is 4.44.